The molecule has 0 aliphatic rings. The van der Waals surface area contributed by atoms with Crippen LogP contribution in [0.15, 0.2) is 18.2 Å². The SMILES string of the molecule is CCCCCCCCCCOC(=O)CCCC(=O)OCCc1ccc(Cl)cc1Cl. The summed E-state index contributed by atoms with van der Waals surface area (Å²) in [4.78, 5) is 23.4. The molecule has 6 heteroatoms. The van der Waals surface area contributed by atoms with Gasteiger partial charge in [0.15, 0.2) is 0 Å². The molecule has 0 aliphatic carbocycles. The number of hydrogen-bond donors (Lipinski definition) is 0. The summed E-state index contributed by atoms with van der Waals surface area (Å²) in [5.74, 6) is -0.556. The van der Waals surface area contributed by atoms with Crippen LogP contribution in [0.4, 0.5) is 0 Å². The summed E-state index contributed by atoms with van der Waals surface area (Å²) in [6, 6.07) is 5.24. The van der Waals surface area contributed by atoms with Gasteiger partial charge in [0.05, 0.1) is 13.2 Å². The first kappa shape index (κ1) is 25.8. The van der Waals surface area contributed by atoms with E-state index in [-0.39, 0.29) is 31.4 Å². The molecule has 1 aromatic carbocycles. The van der Waals surface area contributed by atoms with Crippen molar-refractivity contribution in [2.24, 2.45) is 0 Å². The maximum absolute atomic E-state index is 11.8. The second-order valence-electron chi connectivity index (χ2n) is 7.26. The highest BCUT2D eigenvalue weighted by Gasteiger charge is 2.08. The largest absolute Gasteiger partial charge is 0.466 e. The van der Waals surface area contributed by atoms with Gasteiger partial charge >= 0.3 is 11.9 Å². The van der Waals surface area contributed by atoms with Crippen molar-refractivity contribution in [3.63, 3.8) is 0 Å². The maximum Gasteiger partial charge on any atom is 0.305 e. The van der Waals surface area contributed by atoms with E-state index < -0.39 is 0 Å². The highest BCUT2D eigenvalue weighted by atomic mass is 35.5. The van der Waals surface area contributed by atoms with Gasteiger partial charge in [-0.15, -0.1) is 0 Å². The standard InChI is InChI=1S/C23H34Cl2O4/c1-2-3-4-5-6-7-8-9-16-28-22(26)11-10-12-23(27)29-17-15-19-13-14-20(24)18-21(19)25/h13-14,18H,2-12,15-17H2,1H3. The van der Waals surface area contributed by atoms with Crippen molar-refractivity contribution in [1.82, 2.24) is 0 Å². The van der Waals surface area contributed by atoms with Crippen LogP contribution in [0.3, 0.4) is 0 Å². The van der Waals surface area contributed by atoms with Crippen molar-refractivity contribution in [2.75, 3.05) is 13.2 Å². The smallest absolute Gasteiger partial charge is 0.305 e. The summed E-state index contributed by atoms with van der Waals surface area (Å²) in [7, 11) is 0. The summed E-state index contributed by atoms with van der Waals surface area (Å²) in [6.07, 6.45) is 11.1. The third kappa shape index (κ3) is 13.6. The highest BCUT2D eigenvalue weighted by Crippen LogP contribution is 2.21. The Kier molecular flexibility index (Phi) is 14.7. The quantitative estimate of drug-likeness (QED) is 0.204. The lowest BCUT2D eigenvalue weighted by atomic mass is 10.1. The van der Waals surface area contributed by atoms with Crippen LogP contribution in [0, 0.1) is 0 Å². The molecular weight excluding hydrogens is 411 g/mol. The van der Waals surface area contributed by atoms with E-state index in [9.17, 15) is 9.59 Å². The fourth-order valence-corrected chi connectivity index (χ4v) is 3.45. The molecule has 29 heavy (non-hydrogen) atoms. The fraction of sp³-hybridized carbons (Fsp3) is 0.652. The van der Waals surface area contributed by atoms with Crippen LogP contribution >= 0.6 is 23.2 Å². The molecule has 4 nitrogen and oxygen atoms in total. The monoisotopic (exact) mass is 444 g/mol. The van der Waals surface area contributed by atoms with E-state index in [4.69, 9.17) is 32.7 Å². The molecule has 1 aromatic rings. The Labute approximate surface area is 185 Å². The number of ether oxygens (including phenoxy) is 2. The van der Waals surface area contributed by atoms with Crippen molar-refractivity contribution in [2.45, 2.75) is 84.0 Å². The van der Waals surface area contributed by atoms with Crippen LogP contribution in [-0.4, -0.2) is 25.2 Å². The summed E-state index contributed by atoms with van der Waals surface area (Å²) in [5, 5.41) is 1.14. The Hall–Kier alpha value is -1.26. The van der Waals surface area contributed by atoms with E-state index in [1.54, 1.807) is 12.1 Å². The third-order valence-electron chi connectivity index (χ3n) is 4.67. The number of rotatable bonds is 16. The second-order valence-corrected chi connectivity index (χ2v) is 8.10. The van der Waals surface area contributed by atoms with Crippen LogP contribution in [0.2, 0.25) is 10.0 Å². The third-order valence-corrected chi connectivity index (χ3v) is 5.26. The van der Waals surface area contributed by atoms with E-state index in [1.807, 2.05) is 6.07 Å². The lowest BCUT2D eigenvalue weighted by Gasteiger charge is -2.07. The molecule has 0 saturated carbocycles. The first-order valence-electron chi connectivity index (χ1n) is 10.8. The molecule has 0 fully saturated rings. The molecular formula is C23H34Cl2O4. The van der Waals surface area contributed by atoms with Crippen LogP contribution in [0.1, 0.15) is 83.1 Å². The van der Waals surface area contributed by atoms with Gasteiger partial charge in [-0.05, 0) is 30.5 Å². The molecule has 0 amide bonds. The van der Waals surface area contributed by atoms with Gasteiger partial charge in [0.2, 0.25) is 0 Å². The fourth-order valence-electron chi connectivity index (χ4n) is 2.94. The first-order chi connectivity index (χ1) is 14.0. The summed E-state index contributed by atoms with van der Waals surface area (Å²) in [5.41, 5.74) is 0.883. The van der Waals surface area contributed by atoms with Gasteiger partial charge in [0.25, 0.3) is 0 Å². The van der Waals surface area contributed by atoms with E-state index in [0.717, 1.165) is 18.4 Å². The van der Waals surface area contributed by atoms with Gasteiger partial charge in [-0.2, -0.15) is 0 Å². The summed E-state index contributed by atoms with van der Waals surface area (Å²) < 4.78 is 10.4. The van der Waals surface area contributed by atoms with Crippen molar-refractivity contribution in [3.8, 4) is 0 Å². The number of hydrogen-bond acceptors (Lipinski definition) is 4. The predicted molar refractivity (Wildman–Crippen MR) is 119 cm³/mol. The zero-order valence-corrected chi connectivity index (χ0v) is 19.0. The first-order valence-corrected chi connectivity index (χ1v) is 11.5. The molecule has 0 spiro atoms. The minimum absolute atomic E-state index is 0.210. The van der Waals surface area contributed by atoms with Gasteiger partial charge < -0.3 is 9.47 Å². The van der Waals surface area contributed by atoms with Gasteiger partial charge in [0.1, 0.15) is 0 Å². The molecule has 0 N–H and O–H groups in total. The molecule has 0 heterocycles. The number of unbranched alkanes of at least 4 members (excludes halogenated alkanes) is 7. The predicted octanol–water partition coefficient (Wildman–Crippen LogP) is 6.93. The van der Waals surface area contributed by atoms with Gasteiger partial charge in [-0.25, -0.2) is 0 Å². The van der Waals surface area contributed by atoms with Crippen LogP contribution in [-0.2, 0) is 25.5 Å². The highest BCUT2D eigenvalue weighted by molar-refractivity contribution is 6.35. The van der Waals surface area contributed by atoms with E-state index in [2.05, 4.69) is 6.92 Å². The Morgan fingerprint density at radius 3 is 2.00 bits per heavy atom. The Balaban J connectivity index is 1.97. The molecule has 0 aliphatic heterocycles. The van der Waals surface area contributed by atoms with Gasteiger partial charge in [0, 0.05) is 29.3 Å². The molecule has 0 unspecified atom stereocenters. The molecule has 1 rings (SSSR count). The van der Waals surface area contributed by atoms with Crippen molar-refractivity contribution in [3.05, 3.63) is 33.8 Å². The Morgan fingerprint density at radius 2 is 1.38 bits per heavy atom. The molecule has 0 bridgehead atoms. The summed E-state index contributed by atoms with van der Waals surface area (Å²) >= 11 is 11.9. The second kappa shape index (κ2) is 16.5. The number of halogens is 2. The number of carbonyl (C=O) groups excluding carboxylic acids is 2. The zero-order valence-electron chi connectivity index (χ0n) is 17.5. The average molecular weight is 445 g/mol. The van der Waals surface area contributed by atoms with Gasteiger partial charge in [-0.1, -0.05) is 81.1 Å². The molecule has 0 aromatic heterocycles. The normalized spacial score (nSPS) is 10.7. The molecule has 0 radical (unpaired) electrons. The van der Waals surface area contributed by atoms with Crippen LogP contribution < -0.4 is 0 Å². The zero-order chi connectivity index (χ0) is 21.3. The van der Waals surface area contributed by atoms with Crippen molar-refractivity contribution >= 4 is 35.1 Å². The summed E-state index contributed by atoms with van der Waals surface area (Å²) in [6.45, 7) is 2.94. The number of benzene rings is 1. The molecule has 164 valence electrons. The maximum atomic E-state index is 11.8. The molecule has 0 atom stereocenters. The number of esters is 2. The van der Waals surface area contributed by atoms with Crippen LogP contribution in [0.5, 0.6) is 0 Å². The Bertz CT molecular complexity index is 605. The van der Waals surface area contributed by atoms with Gasteiger partial charge in [-0.3, -0.25) is 9.59 Å². The number of carbonyl (C=O) groups is 2. The lowest BCUT2D eigenvalue weighted by Crippen LogP contribution is -2.10. The minimum Gasteiger partial charge on any atom is -0.466 e. The lowest BCUT2D eigenvalue weighted by molar-refractivity contribution is -0.145. The van der Waals surface area contributed by atoms with E-state index in [1.165, 1.54) is 38.5 Å². The van der Waals surface area contributed by atoms with Crippen molar-refractivity contribution < 1.29 is 19.1 Å². The van der Waals surface area contributed by atoms with Crippen LogP contribution in [0.25, 0.3) is 0 Å². The minimum atomic E-state index is -0.314. The van der Waals surface area contributed by atoms with Crippen molar-refractivity contribution in [1.29, 1.82) is 0 Å². The topological polar surface area (TPSA) is 52.6 Å². The van der Waals surface area contributed by atoms with E-state index in [0.29, 0.717) is 29.5 Å². The van der Waals surface area contributed by atoms with E-state index >= 15 is 0 Å². The average Bonchev–Trinajstić information content (AvgIpc) is 2.68. The Morgan fingerprint density at radius 1 is 0.793 bits per heavy atom. The molecule has 0 saturated heterocycles.